The summed E-state index contributed by atoms with van der Waals surface area (Å²) < 4.78 is 5.29. The van der Waals surface area contributed by atoms with Crippen LogP contribution in [0, 0.1) is 11.8 Å². The molecule has 0 radical (unpaired) electrons. The molecule has 0 N–H and O–H groups in total. The molecular weight excluding hydrogens is 124 g/mol. The zero-order valence-corrected chi connectivity index (χ0v) is 7.42. The molecule has 0 aromatic rings. The van der Waals surface area contributed by atoms with E-state index in [4.69, 9.17) is 4.74 Å². The molecule has 1 nitrogen and oxygen atoms in total. The Labute approximate surface area is 64.1 Å². The Kier molecular flexibility index (Phi) is 4.37. The van der Waals surface area contributed by atoms with Crippen molar-refractivity contribution in [3.8, 4) is 0 Å². The van der Waals surface area contributed by atoms with Gasteiger partial charge in [0.2, 0.25) is 0 Å². The van der Waals surface area contributed by atoms with Gasteiger partial charge in [-0.15, -0.1) is 6.58 Å². The minimum Gasteiger partial charge on any atom is -0.381 e. The van der Waals surface area contributed by atoms with Crippen LogP contribution in [-0.4, -0.2) is 13.2 Å². The number of rotatable bonds is 4. The molecule has 0 aromatic heterocycles. The van der Waals surface area contributed by atoms with Crippen molar-refractivity contribution >= 4 is 0 Å². The van der Waals surface area contributed by atoms with Crippen LogP contribution in [0.3, 0.4) is 0 Å². The highest BCUT2D eigenvalue weighted by atomic mass is 16.5. The van der Waals surface area contributed by atoms with Crippen molar-refractivity contribution < 1.29 is 4.74 Å². The van der Waals surface area contributed by atoms with Gasteiger partial charge in [-0.25, -0.2) is 0 Å². The Morgan fingerprint density at radius 3 is 1.90 bits per heavy atom. The maximum absolute atomic E-state index is 5.29. The summed E-state index contributed by atoms with van der Waals surface area (Å²) in [5, 5.41) is 0. The van der Waals surface area contributed by atoms with E-state index in [1.807, 2.05) is 6.08 Å². The van der Waals surface area contributed by atoms with E-state index in [1.165, 1.54) is 0 Å². The van der Waals surface area contributed by atoms with E-state index in [0.29, 0.717) is 17.9 Å². The number of hydrogen-bond acceptors (Lipinski definition) is 1. The summed E-state index contributed by atoms with van der Waals surface area (Å²) in [4.78, 5) is 0. The van der Waals surface area contributed by atoms with Gasteiger partial charge in [-0.1, -0.05) is 26.8 Å². The summed E-state index contributed by atoms with van der Waals surface area (Å²) in [5.41, 5.74) is 0. The van der Waals surface area contributed by atoms with Gasteiger partial charge in [-0.05, 0) is 5.92 Å². The summed E-state index contributed by atoms with van der Waals surface area (Å²) in [6.45, 7) is 10.2. The van der Waals surface area contributed by atoms with E-state index in [1.54, 1.807) is 7.11 Å². The highest BCUT2D eigenvalue weighted by Gasteiger charge is 2.16. The van der Waals surface area contributed by atoms with Crippen LogP contribution in [0.25, 0.3) is 0 Å². The first kappa shape index (κ1) is 9.70. The van der Waals surface area contributed by atoms with E-state index >= 15 is 0 Å². The van der Waals surface area contributed by atoms with Crippen LogP contribution in [0.5, 0.6) is 0 Å². The third kappa shape index (κ3) is 2.53. The smallest absolute Gasteiger partial charge is 0.0653 e. The second-order valence-electron chi connectivity index (χ2n) is 3.04. The van der Waals surface area contributed by atoms with Crippen LogP contribution in [0.15, 0.2) is 12.7 Å². The fourth-order valence-corrected chi connectivity index (χ4v) is 1.23. The molecule has 0 saturated carbocycles. The van der Waals surface area contributed by atoms with Gasteiger partial charge in [0, 0.05) is 13.0 Å². The molecule has 0 aromatic carbocycles. The molecule has 60 valence electrons. The fraction of sp³-hybridized carbons (Fsp3) is 0.778. The molecule has 1 heteroatoms. The van der Waals surface area contributed by atoms with Gasteiger partial charge in [0.25, 0.3) is 0 Å². The molecule has 0 unspecified atom stereocenters. The molecule has 10 heavy (non-hydrogen) atoms. The van der Waals surface area contributed by atoms with Crippen molar-refractivity contribution in [3.63, 3.8) is 0 Å². The third-order valence-electron chi connectivity index (χ3n) is 1.82. The molecule has 2 atom stereocenters. The van der Waals surface area contributed by atoms with E-state index in [9.17, 15) is 0 Å². The van der Waals surface area contributed by atoms with Gasteiger partial charge in [0.1, 0.15) is 0 Å². The van der Waals surface area contributed by atoms with Crippen LogP contribution in [0.1, 0.15) is 20.8 Å². The van der Waals surface area contributed by atoms with E-state index in [2.05, 4.69) is 27.4 Å². The highest BCUT2D eigenvalue weighted by Crippen LogP contribution is 2.15. The second kappa shape index (κ2) is 4.51. The molecule has 0 bridgehead atoms. The molecule has 0 fully saturated rings. The number of methoxy groups -OCH3 is 1. The summed E-state index contributed by atoms with van der Waals surface area (Å²) >= 11 is 0. The average Bonchev–Trinajstić information content (AvgIpc) is 1.88. The Morgan fingerprint density at radius 2 is 1.80 bits per heavy atom. The van der Waals surface area contributed by atoms with Gasteiger partial charge < -0.3 is 4.74 Å². The Morgan fingerprint density at radius 1 is 1.30 bits per heavy atom. The second-order valence-corrected chi connectivity index (χ2v) is 3.04. The Hall–Kier alpha value is -0.300. The monoisotopic (exact) mass is 142 g/mol. The topological polar surface area (TPSA) is 9.23 Å². The molecule has 0 amide bonds. The largest absolute Gasteiger partial charge is 0.381 e. The minimum atomic E-state index is 0.317. The van der Waals surface area contributed by atoms with Crippen molar-refractivity contribution in [2.45, 2.75) is 26.9 Å². The molecule has 0 saturated heterocycles. The van der Waals surface area contributed by atoms with Crippen LogP contribution in [-0.2, 0) is 4.74 Å². The summed E-state index contributed by atoms with van der Waals surface area (Å²) in [7, 11) is 1.75. The molecule has 0 rings (SSSR count). The van der Waals surface area contributed by atoms with Crippen molar-refractivity contribution in [3.05, 3.63) is 12.7 Å². The molecule has 0 spiro atoms. The van der Waals surface area contributed by atoms with Crippen LogP contribution >= 0.6 is 0 Å². The van der Waals surface area contributed by atoms with E-state index in [0.717, 1.165) is 0 Å². The van der Waals surface area contributed by atoms with Gasteiger partial charge in [-0.3, -0.25) is 0 Å². The maximum atomic E-state index is 5.29. The lowest BCUT2D eigenvalue weighted by molar-refractivity contribution is 0.0380. The fourth-order valence-electron chi connectivity index (χ4n) is 1.23. The SMILES string of the molecule is C=C[C@@H](C)[C@H](OC)C(C)C. The predicted molar refractivity (Wildman–Crippen MR) is 45.0 cm³/mol. The zero-order valence-electron chi connectivity index (χ0n) is 7.42. The summed E-state index contributed by atoms with van der Waals surface area (Å²) in [5.74, 6) is 1.02. The van der Waals surface area contributed by atoms with Gasteiger partial charge >= 0.3 is 0 Å². The quantitative estimate of drug-likeness (QED) is 0.548. The maximum Gasteiger partial charge on any atom is 0.0653 e. The van der Waals surface area contributed by atoms with Crippen molar-refractivity contribution in [2.24, 2.45) is 11.8 Å². The van der Waals surface area contributed by atoms with Crippen LogP contribution in [0.2, 0.25) is 0 Å². The molecule has 0 aliphatic heterocycles. The molecule has 0 aliphatic carbocycles. The normalized spacial score (nSPS) is 16.9. The van der Waals surface area contributed by atoms with E-state index < -0.39 is 0 Å². The number of ether oxygens (including phenoxy) is 1. The van der Waals surface area contributed by atoms with E-state index in [-0.39, 0.29) is 0 Å². The van der Waals surface area contributed by atoms with Crippen molar-refractivity contribution in [1.82, 2.24) is 0 Å². The molecule has 0 aliphatic rings. The summed E-state index contributed by atoms with van der Waals surface area (Å²) in [6.07, 6.45) is 2.26. The third-order valence-corrected chi connectivity index (χ3v) is 1.82. The summed E-state index contributed by atoms with van der Waals surface area (Å²) in [6, 6.07) is 0. The Balaban J connectivity index is 3.92. The van der Waals surface area contributed by atoms with Crippen molar-refractivity contribution in [1.29, 1.82) is 0 Å². The minimum absolute atomic E-state index is 0.317. The van der Waals surface area contributed by atoms with Crippen LogP contribution in [0.4, 0.5) is 0 Å². The lowest BCUT2D eigenvalue weighted by atomic mass is 9.95. The van der Waals surface area contributed by atoms with Crippen LogP contribution < -0.4 is 0 Å². The van der Waals surface area contributed by atoms with Crippen molar-refractivity contribution in [2.75, 3.05) is 7.11 Å². The molecule has 0 heterocycles. The predicted octanol–water partition coefficient (Wildman–Crippen LogP) is 2.48. The standard InChI is InChI=1S/C9H18O/c1-6-8(4)9(10-5)7(2)3/h6-9H,1H2,2-5H3/t8-,9-/m1/s1. The van der Waals surface area contributed by atoms with Gasteiger partial charge in [0.15, 0.2) is 0 Å². The molecular formula is C9H18O. The van der Waals surface area contributed by atoms with Gasteiger partial charge in [-0.2, -0.15) is 0 Å². The zero-order chi connectivity index (χ0) is 8.15. The first-order valence-corrected chi connectivity index (χ1v) is 3.78. The number of hydrogen-bond donors (Lipinski definition) is 0. The first-order chi connectivity index (χ1) is 4.63. The first-order valence-electron chi connectivity index (χ1n) is 3.78. The average molecular weight is 142 g/mol. The lowest BCUT2D eigenvalue weighted by Gasteiger charge is -2.23. The highest BCUT2D eigenvalue weighted by molar-refractivity contribution is 4.83. The van der Waals surface area contributed by atoms with Gasteiger partial charge in [0.05, 0.1) is 6.10 Å². The Bertz CT molecular complexity index is 96.9. The lowest BCUT2D eigenvalue weighted by Crippen LogP contribution is -2.24.